The number of carbonyl (C=O) groups is 3. The van der Waals surface area contributed by atoms with E-state index in [1.54, 1.807) is 12.1 Å². The molecule has 0 spiro atoms. The van der Waals surface area contributed by atoms with Crippen molar-refractivity contribution in [3.05, 3.63) is 69.9 Å². The molecule has 1 aliphatic rings. The summed E-state index contributed by atoms with van der Waals surface area (Å²) in [5.41, 5.74) is 0.859. The van der Waals surface area contributed by atoms with E-state index in [2.05, 4.69) is 5.32 Å². The lowest BCUT2D eigenvalue weighted by Crippen LogP contribution is -2.38. The lowest BCUT2D eigenvalue weighted by atomic mass is 10.0. The van der Waals surface area contributed by atoms with Crippen LogP contribution in [0.2, 0.25) is 0 Å². The maximum Gasteiger partial charge on any atom is 0.261 e. The van der Waals surface area contributed by atoms with Gasteiger partial charge in [0.15, 0.2) is 0 Å². The normalized spacial score (nSPS) is 13.3. The second-order valence-electron chi connectivity index (χ2n) is 6.11. The first-order valence-corrected chi connectivity index (χ1v) is 9.19. The van der Waals surface area contributed by atoms with Crippen molar-refractivity contribution in [1.29, 1.82) is 0 Å². The minimum Gasteiger partial charge on any atom is -0.354 e. The van der Waals surface area contributed by atoms with E-state index in [4.69, 9.17) is 0 Å². The average molecular weight is 364 g/mol. The van der Waals surface area contributed by atoms with Crippen LogP contribution in [0.3, 0.4) is 0 Å². The number of imide groups is 1. The Morgan fingerprint density at radius 1 is 0.962 bits per heavy atom. The highest BCUT2D eigenvalue weighted by atomic mass is 32.1. The highest BCUT2D eigenvalue weighted by molar-refractivity contribution is 7.10. The molecule has 6 heteroatoms. The third-order valence-electron chi connectivity index (χ3n) is 4.41. The number of hydrogen-bond donors (Lipinski definition) is 1. The number of nitrogens with one attached hydrogen (secondary N) is 1. The van der Waals surface area contributed by atoms with Crippen molar-refractivity contribution in [3.63, 3.8) is 0 Å². The highest BCUT2D eigenvalue weighted by Crippen LogP contribution is 2.27. The molecule has 2 aromatic carbocycles. The molecule has 3 amide bonds. The predicted molar refractivity (Wildman–Crippen MR) is 100 cm³/mol. The minimum atomic E-state index is -0.303. The molecule has 4 rings (SSSR count). The molecule has 1 N–H and O–H groups in total. The summed E-state index contributed by atoms with van der Waals surface area (Å²) in [6.45, 7) is 0.411. The van der Waals surface area contributed by atoms with Gasteiger partial charge in [0.1, 0.15) is 0 Å². The molecule has 2 heterocycles. The Hall–Kier alpha value is -2.99. The Balaban J connectivity index is 1.43. The zero-order valence-electron chi connectivity index (χ0n) is 13.9. The van der Waals surface area contributed by atoms with Crippen molar-refractivity contribution in [1.82, 2.24) is 10.2 Å². The molecule has 0 fully saturated rings. The summed E-state index contributed by atoms with van der Waals surface area (Å²) >= 11 is 1.52. The first kappa shape index (κ1) is 16.5. The number of benzene rings is 2. The van der Waals surface area contributed by atoms with Gasteiger partial charge in [0.25, 0.3) is 11.8 Å². The van der Waals surface area contributed by atoms with E-state index >= 15 is 0 Å². The van der Waals surface area contributed by atoms with Crippen LogP contribution in [0.5, 0.6) is 0 Å². The quantitative estimate of drug-likeness (QED) is 0.708. The highest BCUT2D eigenvalue weighted by Gasteiger charge is 2.35. The molecule has 0 atom stereocenters. The van der Waals surface area contributed by atoms with Crippen LogP contribution in [0.1, 0.15) is 25.6 Å². The number of hydrogen-bond acceptors (Lipinski definition) is 4. The van der Waals surface area contributed by atoms with Crippen LogP contribution in [0.25, 0.3) is 10.8 Å². The second kappa shape index (κ2) is 6.72. The Morgan fingerprint density at radius 3 is 2.19 bits per heavy atom. The first-order valence-electron chi connectivity index (χ1n) is 8.31. The zero-order chi connectivity index (χ0) is 18.1. The van der Waals surface area contributed by atoms with Crippen molar-refractivity contribution in [2.24, 2.45) is 0 Å². The molecule has 0 bridgehead atoms. The molecule has 0 aliphatic carbocycles. The van der Waals surface area contributed by atoms with Gasteiger partial charge < -0.3 is 5.32 Å². The Kier molecular flexibility index (Phi) is 4.26. The third-order valence-corrected chi connectivity index (χ3v) is 5.29. The fraction of sp³-hybridized carbons (Fsp3) is 0.150. The van der Waals surface area contributed by atoms with Crippen LogP contribution in [-0.4, -0.2) is 35.7 Å². The van der Waals surface area contributed by atoms with Crippen molar-refractivity contribution >= 4 is 39.8 Å². The van der Waals surface area contributed by atoms with E-state index in [1.165, 1.54) is 16.2 Å². The second-order valence-corrected chi connectivity index (χ2v) is 7.15. The van der Waals surface area contributed by atoms with E-state index < -0.39 is 0 Å². The zero-order valence-corrected chi connectivity index (χ0v) is 14.7. The Labute approximate surface area is 154 Å². The first-order chi connectivity index (χ1) is 12.6. The summed E-state index contributed by atoms with van der Waals surface area (Å²) in [6.07, 6.45) is 0.311. The van der Waals surface area contributed by atoms with Gasteiger partial charge in [-0.25, -0.2) is 0 Å². The van der Waals surface area contributed by atoms with E-state index in [0.29, 0.717) is 17.5 Å². The van der Waals surface area contributed by atoms with Crippen LogP contribution in [-0.2, 0) is 11.2 Å². The Bertz CT molecular complexity index is 957. The fourth-order valence-corrected chi connectivity index (χ4v) is 3.82. The number of amides is 3. The molecule has 0 radical (unpaired) electrons. The summed E-state index contributed by atoms with van der Waals surface area (Å²) < 4.78 is 0. The number of carbonyl (C=O) groups excluding carboxylic acids is 3. The van der Waals surface area contributed by atoms with Crippen LogP contribution < -0.4 is 5.32 Å². The van der Waals surface area contributed by atoms with Gasteiger partial charge in [-0.1, -0.05) is 30.3 Å². The number of fused-ring (bicyclic) bond motifs is 2. The van der Waals surface area contributed by atoms with Crippen LogP contribution in [0, 0.1) is 0 Å². The molecule has 0 saturated heterocycles. The smallest absolute Gasteiger partial charge is 0.261 e. The van der Waals surface area contributed by atoms with E-state index in [9.17, 15) is 14.4 Å². The number of nitrogens with zero attached hydrogens (tertiary/aromatic N) is 1. The summed E-state index contributed by atoms with van der Waals surface area (Å²) in [5, 5.41) is 6.55. The summed E-state index contributed by atoms with van der Waals surface area (Å²) in [7, 11) is 0. The van der Waals surface area contributed by atoms with Crippen molar-refractivity contribution in [2.45, 2.75) is 6.42 Å². The Morgan fingerprint density at radius 2 is 1.62 bits per heavy atom. The molecular weight excluding hydrogens is 348 g/mol. The van der Waals surface area contributed by atoms with Gasteiger partial charge in [0.2, 0.25) is 5.91 Å². The fourth-order valence-electron chi connectivity index (χ4n) is 3.12. The number of thiophene rings is 1. The van der Waals surface area contributed by atoms with Gasteiger partial charge in [0.05, 0.1) is 17.5 Å². The lowest BCUT2D eigenvalue weighted by Gasteiger charge is -2.14. The van der Waals surface area contributed by atoms with Crippen LogP contribution >= 0.6 is 11.3 Å². The summed E-state index contributed by atoms with van der Waals surface area (Å²) in [5.74, 6) is -0.721. The molecular formula is C20H16N2O3S. The van der Waals surface area contributed by atoms with E-state index in [1.807, 2.05) is 41.8 Å². The molecule has 0 unspecified atom stereocenters. The predicted octanol–water partition coefficient (Wildman–Crippen LogP) is 2.86. The largest absolute Gasteiger partial charge is 0.354 e. The van der Waals surface area contributed by atoms with Crippen LogP contribution in [0.15, 0.2) is 53.9 Å². The molecule has 5 nitrogen and oxygen atoms in total. The third kappa shape index (κ3) is 2.99. The van der Waals surface area contributed by atoms with Crippen molar-refractivity contribution in [3.8, 4) is 0 Å². The van der Waals surface area contributed by atoms with Gasteiger partial charge in [-0.3, -0.25) is 19.3 Å². The maximum absolute atomic E-state index is 12.6. The summed E-state index contributed by atoms with van der Waals surface area (Å²) in [6, 6.07) is 15.0. The molecule has 0 saturated carbocycles. The van der Waals surface area contributed by atoms with E-state index in [-0.39, 0.29) is 30.8 Å². The molecule has 1 aromatic heterocycles. The van der Waals surface area contributed by atoms with E-state index in [0.717, 1.165) is 15.6 Å². The van der Waals surface area contributed by atoms with Gasteiger partial charge in [-0.15, -0.1) is 11.3 Å². The van der Waals surface area contributed by atoms with Gasteiger partial charge in [0, 0.05) is 18.0 Å². The van der Waals surface area contributed by atoms with Crippen molar-refractivity contribution < 1.29 is 14.4 Å². The molecule has 130 valence electrons. The monoisotopic (exact) mass is 364 g/mol. The van der Waals surface area contributed by atoms with Crippen LogP contribution in [0.4, 0.5) is 0 Å². The van der Waals surface area contributed by atoms with Gasteiger partial charge >= 0.3 is 0 Å². The van der Waals surface area contributed by atoms with Gasteiger partial charge in [-0.2, -0.15) is 0 Å². The van der Waals surface area contributed by atoms with Crippen molar-refractivity contribution in [2.75, 3.05) is 13.1 Å². The lowest BCUT2D eigenvalue weighted by molar-refractivity contribution is -0.120. The average Bonchev–Trinajstić information content (AvgIpc) is 3.23. The standard InChI is InChI=1S/C20H16N2O3S/c23-18(12-15-6-3-9-26-15)21-7-8-22-19(24)16-10-13-4-1-2-5-14(13)11-17(16)20(22)25/h1-6,9-11H,7-8,12H2,(H,21,23). The number of rotatable bonds is 5. The van der Waals surface area contributed by atoms with Gasteiger partial charge in [-0.05, 0) is 34.4 Å². The maximum atomic E-state index is 12.6. The minimum absolute atomic E-state index is 0.116. The molecule has 3 aromatic rings. The molecule has 1 aliphatic heterocycles. The summed E-state index contributed by atoms with van der Waals surface area (Å²) in [4.78, 5) is 39.3. The SMILES string of the molecule is O=C(Cc1cccs1)NCCN1C(=O)c2cc3ccccc3cc2C1=O. The topological polar surface area (TPSA) is 66.5 Å². The molecule has 26 heavy (non-hydrogen) atoms.